The lowest BCUT2D eigenvalue weighted by molar-refractivity contribution is -0.137. The molecule has 0 unspecified atom stereocenters. The minimum absolute atomic E-state index is 0.0525. The third-order valence-corrected chi connectivity index (χ3v) is 6.14. The number of hydrogen-bond donors (Lipinski definition) is 0. The van der Waals surface area contributed by atoms with Gasteiger partial charge in [0.2, 0.25) is 0 Å². The maximum atomic E-state index is 13.1. The molecule has 0 bridgehead atoms. The standard InChI is InChI=1S/C20H30ClF3N2/c1-18(2,3)26-13-7-11-19(14-26,25(4)5)12-10-15-8-6-9-16(17(15)21)20(22,23)24/h6,8-9H,7,10-14H2,1-5H3/t19-/m1/s1. The molecule has 26 heavy (non-hydrogen) atoms. The fourth-order valence-electron chi connectivity index (χ4n) is 3.84. The third kappa shape index (κ3) is 4.73. The predicted molar refractivity (Wildman–Crippen MR) is 102 cm³/mol. The number of piperidine rings is 1. The van der Waals surface area contributed by atoms with Crippen molar-refractivity contribution in [3.8, 4) is 0 Å². The highest BCUT2D eigenvalue weighted by Gasteiger charge is 2.40. The van der Waals surface area contributed by atoms with Gasteiger partial charge in [0.05, 0.1) is 10.6 Å². The van der Waals surface area contributed by atoms with Crippen LogP contribution in [0.2, 0.25) is 5.02 Å². The van der Waals surface area contributed by atoms with E-state index in [2.05, 4.69) is 44.7 Å². The summed E-state index contributed by atoms with van der Waals surface area (Å²) in [7, 11) is 4.14. The second-order valence-corrected chi connectivity index (χ2v) is 8.97. The summed E-state index contributed by atoms with van der Waals surface area (Å²) in [6.45, 7) is 8.61. The van der Waals surface area contributed by atoms with Crippen LogP contribution < -0.4 is 0 Å². The van der Waals surface area contributed by atoms with E-state index in [9.17, 15) is 13.2 Å². The molecule has 0 spiro atoms. The number of hydrogen-bond acceptors (Lipinski definition) is 2. The van der Waals surface area contributed by atoms with Crippen molar-refractivity contribution in [1.29, 1.82) is 0 Å². The Hall–Kier alpha value is -0.780. The summed E-state index contributed by atoms with van der Waals surface area (Å²) >= 11 is 6.09. The van der Waals surface area contributed by atoms with Gasteiger partial charge in [-0.2, -0.15) is 13.2 Å². The van der Waals surface area contributed by atoms with E-state index < -0.39 is 11.7 Å². The van der Waals surface area contributed by atoms with Crippen molar-refractivity contribution in [2.75, 3.05) is 27.2 Å². The molecule has 6 heteroatoms. The molecule has 0 aliphatic carbocycles. The number of aryl methyl sites for hydroxylation is 1. The highest BCUT2D eigenvalue weighted by atomic mass is 35.5. The lowest BCUT2D eigenvalue weighted by atomic mass is 9.81. The van der Waals surface area contributed by atoms with Gasteiger partial charge in [-0.1, -0.05) is 23.7 Å². The molecule has 0 amide bonds. The molecule has 148 valence electrons. The average Bonchev–Trinajstić information content (AvgIpc) is 2.52. The number of halogens is 4. The van der Waals surface area contributed by atoms with Gasteiger partial charge in [0, 0.05) is 17.6 Å². The van der Waals surface area contributed by atoms with Crippen molar-refractivity contribution in [1.82, 2.24) is 9.80 Å². The van der Waals surface area contributed by atoms with Gasteiger partial charge in [0.1, 0.15) is 0 Å². The van der Waals surface area contributed by atoms with Crippen LogP contribution in [-0.4, -0.2) is 48.1 Å². The first kappa shape index (κ1) is 21.5. The summed E-state index contributed by atoms with van der Waals surface area (Å²) in [6, 6.07) is 4.22. The van der Waals surface area contributed by atoms with Crippen molar-refractivity contribution in [2.24, 2.45) is 0 Å². The van der Waals surface area contributed by atoms with Crippen LogP contribution in [0.25, 0.3) is 0 Å². The topological polar surface area (TPSA) is 6.48 Å². The van der Waals surface area contributed by atoms with Crippen LogP contribution in [0, 0.1) is 0 Å². The molecule has 1 aliphatic heterocycles. The predicted octanol–water partition coefficient (Wildman–Crippen LogP) is 5.49. The first-order valence-electron chi connectivity index (χ1n) is 9.14. The van der Waals surface area contributed by atoms with Crippen molar-refractivity contribution < 1.29 is 13.2 Å². The molecule has 1 aromatic rings. The second-order valence-electron chi connectivity index (χ2n) is 8.59. The zero-order chi connectivity index (χ0) is 19.8. The number of likely N-dealkylation sites (N-methyl/N-ethyl adjacent to an activating group) is 1. The molecule has 2 rings (SSSR count). The second kappa shape index (κ2) is 7.69. The smallest absolute Gasteiger partial charge is 0.302 e. The molecule has 0 N–H and O–H groups in total. The molecule has 0 saturated carbocycles. The minimum atomic E-state index is -4.42. The first-order chi connectivity index (χ1) is 11.9. The van der Waals surface area contributed by atoms with E-state index in [0.29, 0.717) is 12.0 Å². The van der Waals surface area contributed by atoms with E-state index in [4.69, 9.17) is 11.6 Å². The number of alkyl halides is 3. The van der Waals surface area contributed by atoms with E-state index in [-0.39, 0.29) is 16.1 Å². The van der Waals surface area contributed by atoms with Gasteiger partial charge in [0.15, 0.2) is 0 Å². The summed E-state index contributed by atoms with van der Waals surface area (Å²) in [4.78, 5) is 4.72. The number of likely N-dealkylation sites (tertiary alicyclic amines) is 1. The Balaban J connectivity index is 2.22. The Morgan fingerprint density at radius 2 is 1.85 bits per heavy atom. The van der Waals surface area contributed by atoms with Crippen molar-refractivity contribution >= 4 is 11.6 Å². The van der Waals surface area contributed by atoms with Crippen LogP contribution in [0.3, 0.4) is 0 Å². The van der Waals surface area contributed by atoms with Crippen LogP contribution in [0.1, 0.15) is 51.2 Å². The third-order valence-electron chi connectivity index (χ3n) is 5.70. The summed E-state index contributed by atoms with van der Waals surface area (Å²) < 4.78 is 39.3. The van der Waals surface area contributed by atoms with E-state index in [0.717, 1.165) is 38.4 Å². The van der Waals surface area contributed by atoms with Gasteiger partial charge < -0.3 is 4.90 Å². The summed E-state index contributed by atoms with van der Waals surface area (Å²) in [5, 5.41) is -0.155. The normalized spacial score (nSPS) is 22.8. The Morgan fingerprint density at radius 1 is 1.19 bits per heavy atom. The van der Waals surface area contributed by atoms with E-state index in [1.165, 1.54) is 6.07 Å². The zero-order valence-electron chi connectivity index (χ0n) is 16.4. The van der Waals surface area contributed by atoms with Crippen LogP contribution in [0.4, 0.5) is 13.2 Å². The molecule has 1 atom stereocenters. The van der Waals surface area contributed by atoms with Gasteiger partial charge in [-0.25, -0.2) is 0 Å². The van der Waals surface area contributed by atoms with Gasteiger partial charge >= 0.3 is 6.18 Å². The van der Waals surface area contributed by atoms with Crippen LogP contribution in [0.5, 0.6) is 0 Å². The van der Waals surface area contributed by atoms with E-state index in [1.54, 1.807) is 6.07 Å². The Bertz CT molecular complexity index is 622. The van der Waals surface area contributed by atoms with E-state index >= 15 is 0 Å². The lowest BCUT2D eigenvalue weighted by Gasteiger charge is -2.51. The SMILES string of the molecule is CN(C)[C@@]1(CCc2cccc(C(F)(F)F)c2Cl)CCCN(C(C)(C)C)C1. The molecule has 1 aliphatic rings. The zero-order valence-corrected chi connectivity index (χ0v) is 17.1. The lowest BCUT2D eigenvalue weighted by Crippen LogP contribution is -2.60. The Morgan fingerprint density at radius 3 is 2.38 bits per heavy atom. The largest absolute Gasteiger partial charge is 0.417 e. The fraction of sp³-hybridized carbons (Fsp3) is 0.700. The molecule has 0 aromatic heterocycles. The molecule has 1 aromatic carbocycles. The highest BCUT2D eigenvalue weighted by molar-refractivity contribution is 6.32. The summed E-state index contributed by atoms with van der Waals surface area (Å²) in [5.41, 5.74) is -0.135. The first-order valence-corrected chi connectivity index (χ1v) is 9.52. The minimum Gasteiger partial charge on any atom is -0.302 e. The van der Waals surface area contributed by atoms with Gasteiger partial charge in [-0.15, -0.1) is 0 Å². The van der Waals surface area contributed by atoms with Gasteiger partial charge in [0.25, 0.3) is 0 Å². The molecular formula is C20H30ClF3N2. The average molecular weight is 391 g/mol. The van der Waals surface area contributed by atoms with Crippen LogP contribution in [0.15, 0.2) is 18.2 Å². The van der Waals surface area contributed by atoms with Crippen molar-refractivity contribution in [2.45, 2.75) is 63.7 Å². The maximum absolute atomic E-state index is 13.1. The van der Waals surface area contributed by atoms with Gasteiger partial charge in [-0.05, 0) is 78.7 Å². The molecule has 1 saturated heterocycles. The Labute approximate surface area is 160 Å². The number of rotatable bonds is 4. The summed E-state index contributed by atoms with van der Waals surface area (Å²) in [6.07, 6.45) is -0.957. The monoisotopic (exact) mass is 390 g/mol. The molecule has 1 heterocycles. The highest BCUT2D eigenvalue weighted by Crippen LogP contribution is 2.38. The molecule has 2 nitrogen and oxygen atoms in total. The fourth-order valence-corrected chi connectivity index (χ4v) is 4.16. The molecule has 1 fully saturated rings. The van der Waals surface area contributed by atoms with Crippen LogP contribution >= 0.6 is 11.6 Å². The van der Waals surface area contributed by atoms with E-state index in [1.807, 2.05) is 0 Å². The summed E-state index contributed by atoms with van der Waals surface area (Å²) in [5.74, 6) is 0. The quantitative estimate of drug-likeness (QED) is 0.671. The molecule has 0 radical (unpaired) electrons. The van der Waals surface area contributed by atoms with Crippen molar-refractivity contribution in [3.63, 3.8) is 0 Å². The van der Waals surface area contributed by atoms with Crippen LogP contribution in [-0.2, 0) is 12.6 Å². The number of nitrogens with zero attached hydrogens (tertiary/aromatic N) is 2. The van der Waals surface area contributed by atoms with Crippen molar-refractivity contribution in [3.05, 3.63) is 34.3 Å². The Kier molecular flexibility index (Phi) is 6.36. The van der Waals surface area contributed by atoms with Gasteiger partial charge in [-0.3, -0.25) is 4.90 Å². The molecular weight excluding hydrogens is 361 g/mol. The maximum Gasteiger partial charge on any atom is 0.417 e. The number of benzene rings is 1.